The molecule has 1 atom stereocenters. The number of ether oxygens (including phenoxy) is 2. The molecule has 5 aromatic heterocycles. The number of rotatable bonds is 5. The first-order chi connectivity index (χ1) is 17.3. The number of hydrogen-bond acceptors (Lipinski definition) is 8. The van der Waals surface area contributed by atoms with Crippen molar-refractivity contribution in [1.82, 2.24) is 38.9 Å². The summed E-state index contributed by atoms with van der Waals surface area (Å²) < 4.78 is 17.2. The Morgan fingerprint density at radius 2 is 2.06 bits per heavy atom. The van der Waals surface area contributed by atoms with Gasteiger partial charge in [-0.2, -0.15) is 15.2 Å². The van der Waals surface area contributed by atoms with Gasteiger partial charge in [-0.05, 0) is 6.42 Å². The fraction of sp³-hybridized carbons (Fsp3) is 0.375. The van der Waals surface area contributed by atoms with Crippen molar-refractivity contribution in [1.29, 1.82) is 0 Å². The third kappa shape index (κ3) is 3.94. The molecule has 0 unspecified atom stereocenters. The maximum Gasteiger partial charge on any atom is 0.210 e. The molecule has 0 amide bonds. The van der Waals surface area contributed by atoms with E-state index in [4.69, 9.17) is 26.2 Å². The molecule has 5 aromatic rings. The van der Waals surface area contributed by atoms with Crippen molar-refractivity contribution < 1.29 is 9.47 Å². The molecule has 0 saturated carbocycles. The van der Waals surface area contributed by atoms with E-state index in [1.54, 1.807) is 35.4 Å². The van der Waals surface area contributed by atoms with Gasteiger partial charge < -0.3 is 19.4 Å². The zero-order valence-corrected chi connectivity index (χ0v) is 21.2. The Balaban J connectivity index is 1.32. The van der Waals surface area contributed by atoms with E-state index in [0.717, 1.165) is 18.7 Å². The standard InChI is InChI=1S/C24H26ClN9O2/c1-24(2,3)17-10-18(31-34(17)14-5-8-35-13-14)29-23-30-22-21(32(23)4)20(25)16(12-27-22)36-15-9-19-26-6-7-33(19)28-11-15/h6-7,9-12,14H,5,8,13H2,1-4H3,(H,27,29,30,31)/t14-/m0/s1. The molecule has 1 N–H and O–H groups in total. The van der Waals surface area contributed by atoms with Crippen molar-refractivity contribution >= 4 is 40.2 Å². The lowest BCUT2D eigenvalue weighted by molar-refractivity contribution is 0.183. The summed E-state index contributed by atoms with van der Waals surface area (Å²) in [5.74, 6) is 2.19. The van der Waals surface area contributed by atoms with Gasteiger partial charge in [-0.3, -0.25) is 4.68 Å². The van der Waals surface area contributed by atoms with Crippen LogP contribution in [0.15, 0.2) is 36.9 Å². The molecule has 1 fully saturated rings. The van der Waals surface area contributed by atoms with Crippen molar-refractivity contribution in [3.05, 3.63) is 47.6 Å². The largest absolute Gasteiger partial charge is 0.452 e. The molecular weight excluding hydrogens is 482 g/mol. The van der Waals surface area contributed by atoms with E-state index >= 15 is 0 Å². The fourth-order valence-electron chi connectivity index (χ4n) is 4.40. The van der Waals surface area contributed by atoms with Gasteiger partial charge in [0.05, 0.1) is 25.0 Å². The number of fused-ring (bicyclic) bond motifs is 2. The molecule has 1 aliphatic heterocycles. The van der Waals surface area contributed by atoms with Crippen LogP contribution >= 0.6 is 11.6 Å². The number of hydrogen-bond donors (Lipinski definition) is 1. The second-order valence-corrected chi connectivity index (χ2v) is 10.3. The number of imidazole rings is 2. The lowest BCUT2D eigenvalue weighted by Gasteiger charge is -2.22. The minimum atomic E-state index is -0.0762. The first kappa shape index (κ1) is 22.7. The molecule has 0 aromatic carbocycles. The summed E-state index contributed by atoms with van der Waals surface area (Å²) in [4.78, 5) is 13.4. The number of pyridine rings is 1. The third-order valence-electron chi connectivity index (χ3n) is 6.26. The molecule has 1 saturated heterocycles. The van der Waals surface area contributed by atoms with Crippen LogP contribution in [-0.4, -0.2) is 52.1 Å². The van der Waals surface area contributed by atoms with E-state index in [-0.39, 0.29) is 11.5 Å². The van der Waals surface area contributed by atoms with Gasteiger partial charge in [-0.25, -0.2) is 14.5 Å². The van der Waals surface area contributed by atoms with Crippen LogP contribution in [0, 0.1) is 0 Å². The first-order valence-corrected chi connectivity index (χ1v) is 12.1. The van der Waals surface area contributed by atoms with Gasteiger partial charge in [-0.15, -0.1) is 0 Å². The second-order valence-electron chi connectivity index (χ2n) is 9.88. The first-order valence-electron chi connectivity index (χ1n) is 11.7. The normalized spacial score (nSPS) is 16.3. The summed E-state index contributed by atoms with van der Waals surface area (Å²) in [6, 6.07) is 4.07. The summed E-state index contributed by atoms with van der Waals surface area (Å²) in [7, 11) is 1.87. The fourth-order valence-corrected chi connectivity index (χ4v) is 4.69. The van der Waals surface area contributed by atoms with Gasteiger partial charge in [0.15, 0.2) is 28.6 Å². The van der Waals surface area contributed by atoms with Crippen molar-refractivity contribution in [3.8, 4) is 11.5 Å². The molecule has 0 bridgehead atoms. The third-order valence-corrected chi connectivity index (χ3v) is 6.62. The van der Waals surface area contributed by atoms with Crippen LogP contribution in [0.25, 0.3) is 16.8 Å². The highest BCUT2D eigenvalue weighted by molar-refractivity contribution is 6.36. The van der Waals surface area contributed by atoms with Crippen molar-refractivity contribution in [2.75, 3.05) is 18.5 Å². The van der Waals surface area contributed by atoms with Gasteiger partial charge in [0, 0.05) is 49.3 Å². The number of anilines is 2. The Morgan fingerprint density at radius 1 is 1.19 bits per heavy atom. The van der Waals surface area contributed by atoms with E-state index < -0.39 is 0 Å². The summed E-state index contributed by atoms with van der Waals surface area (Å²) in [5.41, 5.74) is 2.87. The van der Waals surface area contributed by atoms with Gasteiger partial charge in [0.1, 0.15) is 10.5 Å². The minimum Gasteiger partial charge on any atom is -0.452 e. The van der Waals surface area contributed by atoms with Crippen LogP contribution in [0.4, 0.5) is 11.8 Å². The quantitative estimate of drug-likeness (QED) is 0.366. The van der Waals surface area contributed by atoms with E-state index in [2.05, 4.69) is 56.9 Å². The molecule has 11 nitrogen and oxygen atoms in total. The summed E-state index contributed by atoms with van der Waals surface area (Å²) in [6.07, 6.45) is 7.54. The van der Waals surface area contributed by atoms with Crippen LogP contribution < -0.4 is 10.1 Å². The van der Waals surface area contributed by atoms with Gasteiger partial charge in [0.25, 0.3) is 0 Å². The lowest BCUT2D eigenvalue weighted by atomic mass is 9.91. The molecule has 12 heteroatoms. The van der Waals surface area contributed by atoms with Crippen molar-refractivity contribution in [2.24, 2.45) is 7.05 Å². The number of nitrogens with zero attached hydrogens (tertiary/aromatic N) is 8. The Kier molecular flexibility index (Phi) is 5.34. The van der Waals surface area contributed by atoms with Crippen molar-refractivity contribution in [3.63, 3.8) is 0 Å². The lowest BCUT2D eigenvalue weighted by Crippen LogP contribution is -2.22. The average molecular weight is 508 g/mol. The van der Waals surface area contributed by atoms with Crippen LogP contribution in [0.3, 0.4) is 0 Å². The van der Waals surface area contributed by atoms with Crippen LogP contribution in [0.5, 0.6) is 11.5 Å². The smallest absolute Gasteiger partial charge is 0.210 e. The Morgan fingerprint density at radius 3 is 2.83 bits per heavy atom. The summed E-state index contributed by atoms with van der Waals surface area (Å²) in [5, 5.41) is 12.9. The monoisotopic (exact) mass is 507 g/mol. The molecule has 0 aliphatic carbocycles. The van der Waals surface area contributed by atoms with Gasteiger partial charge >= 0.3 is 0 Å². The molecule has 6 heterocycles. The Hall–Kier alpha value is -3.70. The van der Waals surface area contributed by atoms with Gasteiger partial charge in [-0.1, -0.05) is 32.4 Å². The van der Waals surface area contributed by atoms with E-state index in [0.29, 0.717) is 51.7 Å². The molecule has 6 rings (SSSR count). The predicted molar refractivity (Wildman–Crippen MR) is 135 cm³/mol. The van der Waals surface area contributed by atoms with E-state index in [1.807, 2.05) is 11.6 Å². The SMILES string of the molecule is Cn1c(Nc2cc(C(C)(C)C)n([C@H]3CCOC3)n2)nc2ncc(Oc3cnn4ccnc4c3)c(Cl)c21. The molecule has 0 radical (unpaired) electrons. The minimum absolute atomic E-state index is 0.0762. The number of halogens is 1. The summed E-state index contributed by atoms with van der Waals surface area (Å²) >= 11 is 6.76. The maximum atomic E-state index is 6.76. The average Bonchev–Trinajstić information content (AvgIpc) is 3.62. The second kappa shape index (κ2) is 8.45. The molecule has 1 aliphatic rings. The van der Waals surface area contributed by atoms with Crippen molar-refractivity contribution in [2.45, 2.75) is 38.6 Å². The number of nitrogens with one attached hydrogen (secondary N) is 1. The van der Waals surface area contributed by atoms with Crippen LogP contribution in [-0.2, 0) is 17.2 Å². The summed E-state index contributed by atoms with van der Waals surface area (Å²) in [6.45, 7) is 7.96. The molecule has 186 valence electrons. The molecule has 0 spiro atoms. The van der Waals surface area contributed by atoms with E-state index in [1.165, 1.54) is 0 Å². The predicted octanol–water partition coefficient (Wildman–Crippen LogP) is 4.66. The topological polar surface area (TPSA) is 109 Å². The number of aromatic nitrogens is 8. The highest BCUT2D eigenvalue weighted by atomic mass is 35.5. The molecular formula is C24H26ClN9O2. The number of aryl methyl sites for hydroxylation is 1. The zero-order chi connectivity index (χ0) is 25.0. The van der Waals surface area contributed by atoms with E-state index in [9.17, 15) is 0 Å². The maximum absolute atomic E-state index is 6.76. The zero-order valence-electron chi connectivity index (χ0n) is 20.4. The van der Waals surface area contributed by atoms with Crippen LogP contribution in [0.1, 0.15) is 38.9 Å². The Labute approximate surface area is 212 Å². The van der Waals surface area contributed by atoms with Crippen LogP contribution in [0.2, 0.25) is 5.02 Å². The molecule has 36 heavy (non-hydrogen) atoms. The highest BCUT2D eigenvalue weighted by Gasteiger charge is 2.28. The van der Waals surface area contributed by atoms with Gasteiger partial charge in [0.2, 0.25) is 5.95 Å². The Bertz CT molecular complexity index is 1570. The highest BCUT2D eigenvalue weighted by Crippen LogP contribution is 2.36.